The number of rotatable bonds is 3. The summed E-state index contributed by atoms with van der Waals surface area (Å²) in [6, 6.07) is -0.188. The number of hydrogen-bond acceptors (Lipinski definition) is 3. The van der Waals surface area contributed by atoms with E-state index in [0.29, 0.717) is 23.5 Å². The molecule has 112 valence electrons. The van der Waals surface area contributed by atoms with E-state index in [0.717, 1.165) is 38.6 Å². The van der Waals surface area contributed by atoms with E-state index in [1.807, 2.05) is 0 Å². The molecular weight excluding hydrogens is 254 g/mol. The first-order valence-electron chi connectivity index (χ1n) is 8.02. The molecule has 20 heavy (non-hydrogen) atoms. The molecule has 0 aromatic carbocycles. The Hall–Kier alpha value is -0.900. The van der Waals surface area contributed by atoms with E-state index in [2.05, 4.69) is 18.7 Å². The summed E-state index contributed by atoms with van der Waals surface area (Å²) in [5.74, 6) is 1.26. The highest BCUT2D eigenvalue weighted by Crippen LogP contribution is 2.49. The molecule has 4 fully saturated rings. The molecule has 0 aromatic heterocycles. The SMILES string of the molecule is CC(C)[C@H]1[C@@H]2CC[C@@H](C(=O)C2)[C@@H]1N1CCC[C@H]1C(=O)O. The molecule has 1 N–H and O–H groups in total. The van der Waals surface area contributed by atoms with Crippen molar-refractivity contribution in [3.8, 4) is 0 Å². The summed E-state index contributed by atoms with van der Waals surface area (Å²) in [7, 11) is 0. The van der Waals surface area contributed by atoms with Crippen LogP contribution in [0.1, 0.15) is 46.0 Å². The third-order valence-electron chi connectivity index (χ3n) is 5.81. The molecule has 0 aromatic rings. The summed E-state index contributed by atoms with van der Waals surface area (Å²) in [5.41, 5.74) is 0. The van der Waals surface area contributed by atoms with Crippen molar-refractivity contribution in [2.45, 2.75) is 58.0 Å². The van der Waals surface area contributed by atoms with Crippen molar-refractivity contribution >= 4 is 11.8 Å². The fourth-order valence-electron chi connectivity index (χ4n) is 5.11. The van der Waals surface area contributed by atoms with Gasteiger partial charge in [-0.1, -0.05) is 13.8 Å². The Morgan fingerprint density at radius 2 is 2.05 bits per heavy atom. The Morgan fingerprint density at radius 1 is 1.30 bits per heavy atom. The number of likely N-dealkylation sites (tertiary alicyclic amines) is 1. The van der Waals surface area contributed by atoms with E-state index in [4.69, 9.17) is 0 Å². The van der Waals surface area contributed by atoms with E-state index < -0.39 is 5.97 Å². The monoisotopic (exact) mass is 279 g/mol. The second-order valence-electron chi connectivity index (χ2n) is 7.16. The molecule has 1 aliphatic heterocycles. The van der Waals surface area contributed by atoms with Gasteiger partial charge in [0, 0.05) is 18.4 Å². The summed E-state index contributed by atoms with van der Waals surface area (Å²) in [6.45, 7) is 5.31. The lowest BCUT2D eigenvalue weighted by atomic mass is 9.57. The number of carbonyl (C=O) groups excluding carboxylic acids is 1. The fraction of sp³-hybridized carbons (Fsp3) is 0.875. The molecule has 4 rings (SSSR count). The van der Waals surface area contributed by atoms with E-state index in [9.17, 15) is 14.7 Å². The summed E-state index contributed by atoms with van der Waals surface area (Å²) >= 11 is 0. The minimum absolute atomic E-state index is 0.0901. The highest BCUT2D eigenvalue weighted by molar-refractivity contribution is 5.84. The van der Waals surface area contributed by atoms with Crippen LogP contribution in [0.2, 0.25) is 0 Å². The lowest BCUT2D eigenvalue weighted by molar-refractivity contribution is -0.152. The molecule has 0 unspecified atom stereocenters. The van der Waals surface area contributed by atoms with Crippen LogP contribution >= 0.6 is 0 Å². The Bertz CT molecular complexity index is 420. The van der Waals surface area contributed by atoms with E-state index in [1.165, 1.54) is 0 Å². The molecular formula is C16H25NO3. The summed E-state index contributed by atoms with van der Waals surface area (Å²) in [6.07, 6.45) is 4.54. The van der Waals surface area contributed by atoms with Gasteiger partial charge < -0.3 is 5.11 Å². The Labute approximate surface area is 120 Å². The van der Waals surface area contributed by atoms with Crippen molar-refractivity contribution in [2.75, 3.05) is 6.54 Å². The second kappa shape index (κ2) is 5.14. The molecule has 1 saturated heterocycles. The van der Waals surface area contributed by atoms with Crippen LogP contribution in [0.25, 0.3) is 0 Å². The number of aliphatic carboxylic acids is 1. The van der Waals surface area contributed by atoms with Crippen LogP contribution in [0.3, 0.4) is 0 Å². The van der Waals surface area contributed by atoms with Gasteiger partial charge in [-0.3, -0.25) is 14.5 Å². The van der Waals surface area contributed by atoms with Crippen LogP contribution in [-0.2, 0) is 9.59 Å². The van der Waals surface area contributed by atoms with Crippen LogP contribution in [0.4, 0.5) is 0 Å². The lowest BCUT2D eigenvalue weighted by Gasteiger charge is -2.53. The van der Waals surface area contributed by atoms with E-state index in [1.54, 1.807) is 0 Å². The van der Waals surface area contributed by atoms with Crippen LogP contribution in [0, 0.1) is 23.7 Å². The average molecular weight is 279 g/mol. The number of carboxylic acid groups (broad SMARTS) is 1. The molecule has 2 bridgehead atoms. The standard InChI is InChI=1S/C16H25NO3/c1-9(2)14-10-5-6-11(13(18)8-10)15(14)17-7-3-4-12(17)16(19)20/h9-12,14-15H,3-8H2,1-2H3,(H,19,20)/t10-,11+,12+,14+,15+/m1/s1. The molecule has 1 heterocycles. The Balaban J connectivity index is 1.92. The third kappa shape index (κ3) is 2.09. The highest BCUT2D eigenvalue weighted by Gasteiger charge is 2.53. The molecule has 4 heteroatoms. The van der Waals surface area contributed by atoms with Gasteiger partial charge in [0.2, 0.25) is 0 Å². The van der Waals surface area contributed by atoms with Gasteiger partial charge in [0.25, 0.3) is 0 Å². The quantitative estimate of drug-likeness (QED) is 0.860. The zero-order valence-electron chi connectivity index (χ0n) is 12.4. The summed E-state index contributed by atoms with van der Waals surface area (Å²) in [5, 5.41) is 9.45. The first-order chi connectivity index (χ1) is 9.50. The number of nitrogens with zero attached hydrogens (tertiary/aromatic N) is 1. The van der Waals surface area contributed by atoms with E-state index in [-0.39, 0.29) is 18.0 Å². The van der Waals surface area contributed by atoms with Crippen molar-refractivity contribution in [2.24, 2.45) is 23.7 Å². The van der Waals surface area contributed by atoms with Gasteiger partial charge in [-0.15, -0.1) is 0 Å². The molecule has 3 saturated carbocycles. The van der Waals surface area contributed by atoms with Crippen molar-refractivity contribution < 1.29 is 14.7 Å². The van der Waals surface area contributed by atoms with Crippen LogP contribution < -0.4 is 0 Å². The summed E-state index contributed by atoms with van der Waals surface area (Å²) < 4.78 is 0. The molecule has 4 aliphatic rings. The fourth-order valence-corrected chi connectivity index (χ4v) is 5.11. The number of fused-ring (bicyclic) bond motifs is 3. The van der Waals surface area contributed by atoms with Crippen molar-refractivity contribution in [1.82, 2.24) is 4.90 Å². The van der Waals surface area contributed by atoms with Gasteiger partial charge in [-0.05, 0) is 50.0 Å². The normalized spacial score (nSPS) is 41.5. The molecule has 3 aliphatic carbocycles. The second-order valence-corrected chi connectivity index (χ2v) is 7.16. The number of ketones is 1. The number of carbonyl (C=O) groups is 2. The van der Waals surface area contributed by atoms with Gasteiger partial charge in [-0.2, -0.15) is 0 Å². The summed E-state index contributed by atoms with van der Waals surface area (Å²) in [4.78, 5) is 26.0. The van der Waals surface area contributed by atoms with Crippen LogP contribution in [0.15, 0.2) is 0 Å². The molecule has 0 spiro atoms. The van der Waals surface area contributed by atoms with Crippen LogP contribution in [0.5, 0.6) is 0 Å². The van der Waals surface area contributed by atoms with Gasteiger partial charge in [-0.25, -0.2) is 0 Å². The van der Waals surface area contributed by atoms with Gasteiger partial charge >= 0.3 is 5.97 Å². The van der Waals surface area contributed by atoms with Gasteiger partial charge in [0.15, 0.2) is 0 Å². The third-order valence-corrected chi connectivity index (χ3v) is 5.81. The van der Waals surface area contributed by atoms with E-state index >= 15 is 0 Å². The molecule has 0 radical (unpaired) electrons. The minimum atomic E-state index is -0.709. The predicted octanol–water partition coefficient (Wildman–Crippen LogP) is 2.18. The number of carboxylic acids is 1. The smallest absolute Gasteiger partial charge is 0.320 e. The van der Waals surface area contributed by atoms with Crippen molar-refractivity contribution in [3.63, 3.8) is 0 Å². The zero-order chi connectivity index (χ0) is 14.4. The highest BCUT2D eigenvalue weighted by atomic mass is 16.4. The maximum Gasteiger partial charge on any atom is 0.320 e. The van der Waals surface area contributed by atoms with Gasteiger partial charge in [0.05, 0.1) is 0 Å². The van der Waals surface area contributed by atoms with Crippen LogP contribution in [-0.4, -0.2) is 40.4 Å². The van der Waals surface area contributed by atoms with Crippen molar-refractivity contribution in [1.29, 1.82) is 0 Å². The average Bonchev–Trinajstić information content (AvgIpc) is 2.86. The maximum atomic E-state index is 12.3. The Morgan fingerprint density at radius 3 is 2.65 bits per heavy atom. The molecule has 0 amide bonds. The topological polar surface area (TPSA) is 57.6 Å². The molecule has 4 nitrogen and oxygen atoms in total. The predicted molar refractivity (Wildman–Crippen MR) is 75.3 cm³/mol. The maximum absolute atomic E-state index is 12.3. The molecule has 5 atom stereocenters. The zero-order valence-corrected chi connectivity index (χ0v) is 12.4. The lowest BCUT2D eigenvalue weighted by Crippen LogP contribution is -2.60. The first kappa shape index (κ1) is 14.1. The number of Topliss-reactive ketones (excluding diaryl/α,β-unsaturated/α-hetero) is 1. The largest absolute Gasteiger partial charge is 0.480 e. The number of hydrogen-bond donors (Lipinski definition) is 1. The van der Waals surface area contributed by atoms with Gasteiger partial charge in [0.1, 0.15) is 11.8 Å². The first-order valence-corrected chi connectivity index (χ1v) is 8.02. The Kier molecular flexibility index (Phi) is 3.61. The van der Waals surface area contributed by atoms with Crippen molar-refractivity contribution in [3.05, 3.63) is 0 Å². The minimum Gasteiger partial charge on any atom is -0.480 e.